The van der Waals surface area contributed by atoms with E-state index in [1.165, 1.54) is 32.3 Å². The summed E-state index contributed by atoms with van der Waals surface area (Å²) in [6.45, 7) is 0. The molecule has 11 aromatic carbocycles. The number of hydrogen-bond acceptors (Lipinski definition) is 3. The number of aromatic nitrogens is 3. The smallest absolute Gasteiger partial charge is 0.160 e. The minimum Gasteiger partial charge on any atom is -0.310 e. The van der Waals surface area contributed by atoms with Crippen LogP contribution in [0, 0.1) is 0 Å². The van der Waals surface area contributed by atoms with Gasteiger partial charge in [-0.05, 0) is 99.1 Å². The van der Waals surface area contributed by atoms with E-state index >= 15 is 0 Å². The summed E-state index contributed by atoms with van der Waals surface area (Å²) in [6, 6.07) is 91.4. The molecule has 0 unspecified atom stereocenters. The lowest BCUT2D eigenvalue weighted by Crippen LogP contribution is -2.10. The first-order valence-corrected chi connectivity index (χ1v) is 23.1. The van der Waals surface area contributed by atoms with E-state index in [0.29, 0.717) is 5.82 Å². The standard InChI is InChI=1S/C64H42N4/c1-3-19-45(20-4-1)63-58-30-13-14-31-59(58)65-64(66-63)49-35-38-57-56-37-34-48(41-61(56)68(62(57)42-49)50-24-5-2-6-25-50)54-28-12-11-27-53(54)47-23-15-26-51(40-47)67(52-36-33-43-17-7-8-21-46(43)39-52)60-32-16-22-44-18-9-10-29-55(44)60/h1-42H. The van der Waals surface area contributed by atoms with Gasteiger partial charge in [0, 0.05) is 49.7 Å². The van der Waals surface area contributed by atoms with E-state index in [1.54, 1.807) is 0 Å². The first-order valence-electron chi connectivity index (χ1n) is 23.1. The minimum atomic E-state index is 0.700. The Hall–Kier alpha value is -9.12. The molecular formula is C64H42N4. The van der Waals surface area contributed by atoms with E-state index in [0.717, 1.165) is 83.8 Å². The predicted molar refractivity (Wildman–Crippen MR) is 285 cm³/mol. The first-order chi connectivity index (χ1) is 33.7. The van der Waals surface area contributed by atoms with E-state index in [9.17, 15) is 0 Å². The van der Waals surface area contributed by atoms with Crippen LogP contribution in [0.2, 0.25) is 0 Å². The Labute approximate surface area is 394 Å². The van der Waals surface area contributed by atoms with Crippen molar-refractivity contribution in [2.75, 3.05) is 4.90 Å². The molecule has 13 rings (SSSR count). The maximum Gasteiger partial charge on any atom is 0.160 e. The lowest BCUT2D eigenvalue weighted by atomic mass is 9.93. The molecule has 0 bridgehead atoms. The van der Waals surface area contributed by atoms with Crippen LogP contribution < -0.4 is 4.90 Å². The fourth-order valence-electron chi connectivity index (χ4n) is 10.1. The van der Waals surface area contributed by atoms with E-state index in [-0.39, 0.29) is 0 Å². The van der Waals surface area contributed by atoms with Crippen molar-refractivity contribution in [3.05, 3.63) is 255 Å². The second-order valence-electron chi connectivity index (χ2n) is 17.4. The van der Waals surface area contributed by atoms with E-state index < -0.39 is 0 Å². The molecule has 68 heavy (non-hydrogen) atoms. The molecule has 0 aliphatic heterocycles. The highest BCUT2D eigenvalue weighted by Gasteiger charge is 2.20. The van der Waals surface area contributed by atoms with Crippen LogP contribution in [0.4, 0.5) is 17.1 Å². The van der Waals surface area contributed by atoms with Crippen molar-refractivity contribution in [3.63, 3.8) is 0 Å². The van der Waals surface area contributed by atoms with Gasteiger partial charge in [-0.1, -0.05) is 194 Å². The minimum absolute atomic E-state index is 0.700. The van der Waals surface area contributed by atoms with Gasteiger partial charge < -0.3 is 9.47 Å². The summed E-state index contributed by atoms with van der Waals surface area (Å²) in [5.41, 5.74) is 15.1. The number of fused-ring (bicyclic) bond motifs is 6. The van der Waals surface area contributed by atoms with Crippen LogP contribution in [-0.4, -0.2) is 14.5 Å². The van der Waals surface area contributed by atoms with Crippen LogP contribution in [-0.2, 0) is 0 Å². The molecule has 4 nitrogen and oxygen atoms in total. The van der Waals surface area contributed by atoms with Crippen LogP contribution in [0.1, 0.15) is 0 Å². The Kier molecular flexibility index (Phi) is 9.47. The van der Waals surface area contributed by atoms with Gasteiger partial charge in [-0.2, -0.15) is 0 Å². The van der Waals surface area contributed by atoms with Crippen molar-refractivity contribution in [3.8, 4) is 50.6 Å². The van der Waals surface area contributed by atoms with Crippen LogP contribution in [0.25, 0.3) is 105 Å². The van der Waals surface area contributed by atoms with Gasteiger partial charge in [-0.3, -0.25) is 0 Å². The Bertz CT molecular complexity index is 4040. The average molecular weight is 867 g/mol. The van der Waals surface area contributed by atoms with E-state index in [4.69, 9.17) is 9.97 Å². The molecule has 0 atom stereocenters. The molecule has 4 heteroatoms. The summed E-state index contributed by atoms with van der Waals surface area (Å²) in [7, 11) is 0. The zero-order valence-electron chi connectivity index (χ0n) is 37.0. The molecule has 0 aliphatic rings. The fourth-order valence-corrected chi connectivity index (χ4v) is 10.1. The van der Waals surface area contributed by atoms with Gasteiger partial charge in [-0.15, -0.1) is 0 Å². The highest BCUT2D eigenvalue weighted by molar-refractivity contribution is 6.11. The zero-order valence-corrected chi connectivity index (χ0v) is 37.0. The molecule has 0 aliphatic carbocycles. The molecular weight excluding hydrogens is 825 g/mol. The Morgan fingerprint density at radius 3 is 1.69 bits per heavy atom. The Balaban J connectivity index is 0.960. The maximum atomic E-state index is 5.25. The van der Waals surface area contributed by atoms with Crippen molar-refractivity contribution in [1.82, 2.24) is 14.5 Å². The third-order valence-corrected chi connectivity index (χ3v) is 13.3. The lowest BCUT2D eigenvalue weighted by Gasteiger charge is -2.28. The summed E-state index contributed by atoms with van der Waals surface area (Å²) in [6.07, 6.45) is 0. The van der Waals surface area contributed by atoms with Crippen molar-refractivity contribution < 1.29 is 0 Å². The Morgan fingerprint density at radius 2 is 0.897 bits per heavy atom. The topological polar surface area (TPSA) is 34.0 Å². The molecule has 0 saturated heterocycles. The molecule has 0 spiro atoms. The van der Waals surface area contributed by atoms with Gasteiger partial charge in [0.1, 0.15) is 0 Å². The van der Waals surface area contributed by atoms with Crippen LogP contribution in [0.15, 0.2) is 255 Å². The number of hydrogen-bond donors (Lipinski definition) is 0. The van der Waals surface area contributed by atoms with E-state index in [2.05, 4.69) is 252 Å². The summed E-state index contributed by atoms with van der Waals surface area (Å²) in [5, 5.41) is 8.22. The molecule has 2 aromatic heterocycles. The number of benzene rings is 11. The van der Waals surface area contributed by atoms with Crippen LogP contribution in [0.3, 0.4) is 0 Å². The number of rotatable bonds is 8. The second-order valence-corrected chi connectivity index (χ2v) is 17.4. The largest absolute Gasteiger partial charge is 0.310 e. The van der Waals surface area contributed by atoms with E-state index in [1.807, 2.05) is 12.1 Å². The van der Waals surface area contributed by atoms with Crippen molar-refractivity contribution in [1.29, 1.82) is 0 Å². The number of anilines is 3. The molecule has 2 heterocycles. The lowest BCUT2D eigenvalue weighted by molar-refractivity contribution is 1.18. The molecule has 13 aromatic rings. The van der Waals surface area contributed by atoms with Gasteiger partial charge >= 0.3 is 0 Å². The maximum absolute atomic E-state index is 5.25. The molecule has 0 N–H and O–H groups in total. The third kappa shape index (κ3) is 6.78. The molecule has 0 amide bonds. The first kappa shape index (κ1) is 39.3. The summed E-state index contributed by atoms with van der Waals surface area (Å²) >= 11 is 0. The molecule has 0 radical (unpaired) electrons. The highest BCUT2D eigenvalue weighted by Crippen LogP contribution is 2.44. The summed E-state index contributed by atoms with van der Waals surface area (Å²) < 4.78 is 2.39. The number of nitrogens with zero attached hydrogens (tertiary/aromatic N) is 4. The normalized spacial score (nSPS) is 11.5. The Morgan fingerprint density at radius 1 is 0.324 bits per heavy atom. The quantitative estimate of drug-likeness (QED) is 0.153. The molecule has 0 saturated carbocycles. The summed E-state index contributed by atoms with van der Waals surface area (Å²) in [5.74, 6) is 0.700. The van der Waals surface area contributed by atoms with Gasteiger partial charge in [0.15, 0.2) is 5.82 Å². The zero-order chi connectivity index (χ0) is 45.0. The fraction of sp³-hybridized carbons (Fsp3) is 0. The second kappa shape index (κ2) is 16.4. The molecule has 0 fully saturated rings. The van der Waals surface area contributed by atoms with Crippen molar-refractivity contribution >= 4 is 71.3 Å². The van der Waals surface area contributed by atoms with Crippen molar-refractivity contribution in [2.24, 2.45) is 0 Å². The SMILES string of the molecule is c1ccc(-c2nc(-c3ccc4c5ccc(-c6ccccc6-c6cccc(N(c7ccc8ccccc8c7)c7cccc8ccccc78)c6)cc5n(-c5ccccc5)c4c3)nc3ccccc23)cc1. The molecule has 318 valence electrons. The van der Waals surface area contributed by atoms with Gasteiger partial charge in [-0.25, -0.2) is 9.97 Å². The number of para-hydroxylation sites is 2. The van der Waals surface area contributed by atoms with Crippen molar-refractivity contribution in [2.45, 2.75) is 0 Å². The highest BCUT2D eigenvalue weighted by atomic mass is 15.1. The van der Waals surface area contributed by atoms with Gasteiger partial charge in [0.05, 0.1) is 27.9 Å². The van der Waals surface area contributed by atoms with Gasteiger partial charge in [0.25, 0.3) is 0 Å². The third-order valence-electron chi connectivity index (χ3n) is 13.3. The monoisotopic (exact) mass is 866 g/mol. The van der Waals surface area contributed by atoms with Crippen LogP contribution in [0.5, 0.6) is 0 Å². The summed E-state index contributed by atoms with van der Waals surface area (Å²) in [4.78, 5) is 12.8. The van der Waals surface area contributed by atoms with Gasteiger partial charge in [0.2, 0.25) is 0 Å². The predicted octanol–water partition coefficient (Wildman–Crippen LogP) is 17.2. The van der Waals surface area contributed by atoms with Crippen LogP contribution >= 0.6 is 0 Å². The average Bonchev–Trinajstić information content (AvgIpc) is 3.74.